The molecule has 4 heteroatoms. The summed E-state index contributed by atoms with van der Waals surface area (Å²) in [5, 5.41) is 3.13. The second-order valence-corrected chi connectivity index (χ2v) is 4.85. The first-order valence-corrected chi connectivity index (χ1v) is 6.80. The molecule has 1 aromatic carbocycles. The number of benzene rings is 1. The predicted octanol–water partition coefficient (Wildman–Crippen LogP) is 3.28. The summed E-state index contributed by atoms with van der Waals surface area (Å²) in [5.41, 5.74) is 2.44. The number of hydrogen-bond acceptors (Lipinski definition) is 3. The lowest BCUT2D eigenvalue weighted by Gasteiger charge is -2.14. The van der Waals surface area contributed by atoms with Crippen LogP contribution in [-0.2, 0) is 13.1 Å². The number of aromatic nitrogens is 1. The van der Waals surface area contributed by atoms with Crippen LogP contribution in [0.1, 0.15) is 18.1 Å². The number of anilines is 1. The van der Waals surface area contributed by atoms with Crippen molar-refractivity contribution < 1.29 is 4.39 Å². The van der Waals surface area contributed by atoms with Crippen LogP contribution in [0.15, 0.2) is 42.5 Å². The Balaban J connectivity index is 1.97. The van der Waals surface area contributed by atoms with Gasteiger partial charge in [-0.15, -0.1) is 0 Å². The molecule has 106 valence electrons. The minimum absolute atomic E-state index is 0.465. The lowest BCUT2D eigenvalue weighted by Crippen LogP contribution is -2.16. The van der Waals surface area contributed by atoms with Crippen molar-refractivity contribution in [3.05, 3.63) is 59.5 Å². The highest BCUT2D eigenvalue weighted by Crippen LogP contribution is 2.10. The molecule has 0 amide bonds. The van der Waals surface area contributed by atoms with Crippen molar-refractivity contribution in [1.82, 2.24) is 9.88 Å². The molecular formula is C16H20FN3. The van der Waals surface area contributed by atoms with Crippen LogP contribution in [-0.4, -0.2) is 23.5 Å². The maximum Gasteiger partial charge on any atom is 0.214 e. The van der Waals surface area contributed by atoms with Gasteiger partial charge in [-0.2, -0.15) is 4.39 Å². The van der Waals surface area contributed by atoms with Crippen molar-refractivity contribution in [1.29, 1.82) is 0 Å². The Labute approximate surface area is 119 Å². The van der Waals surface area contributed by atoms with E-state index in [1.54, 1.807) is 12.1 Å². The van der Waals surface area contributed by atoms with E-state index in [2.05, 4.69) is 53.4 Å². The van der Waals surface area contributed by atoms with Gasteiger partial charge in [-0.05, 0) is 36.9 Å². The first kappa shape index (κ1) is 14.5. The summed E-state index contributed by atoms with van der Waals surface area (Å²) in [6, 6.07) is 13.1. The summed E-state index contributed by atoms with van der Waals surface area (Å²) in [5.74, 6) is 0.0920. The summed E-state index contributed by atoms with van der Waals surface area (Å²) >= 11 is 0. The predicted molar refractivity (Wildman–Crippen MR) is 80.0 cm³/mol. The van der Waals surface area contributed by atoms with Crippen LogP contribution in [0.3, 0.4) is 0 Å². The zero-order chi connectivity index (χ0) is 14.4. The Morgan fingerprint density at radius 3 is 2.65 bits per heavy atom. The van der Waals surface area contributed by atoms with E-state index in [9.17, 15) is 4.39 Å². The van der Waals surface area contributed by atoms with Crippen molar-refractivity contribution in [3.63, 3.8) is 0 Å². The molecule has 1 aromatic heterocycles. The van der Waals surface area contributed by atoms with Gasteiger partial charge in [0.1, 0.15) is 5.82 Å². The number of rotatable bonds is 6. The molecule has 0 radical (unpaired) electrons. The van der Waals surface area contributed by atoms with Crippen LogP contribution in [0.2, 0.25) is 0 Å². The number of nitrogens with one attached hydrogen (secondary N) is 1. The number of nitrogens with zero attached hydrogens (tertiary/aromatic N) is 2. The molecular weight excluding hydrogens is 253 g/mol. The van der Waals surface area contributed by atoms with E-state index in [1.165, 1.54) is 11.6 Å². The van der Waals surface area contributed by atoms with Gasteiger partial charge in [-0.25, -0.2) is 4.98 Å². The first-order valence-electron chi connectivity index (χ1n) is 6.80. The smallest absolute Gasteiger partial charge is 0.214 e. The fourth-order valence-corrected chi connectivity index (χ4v) is 1.96. The van der Waals surface area contributed by atoms with Gasteiger partial charge in [0.25, 0.3) is 0 Å². The molecule has 0 saturated heterocycles. The Bertz CT molecular complexity index is 557. The van der Waals surface area contributed by atoms with Crippen molar-refractivity contribution in [2.45, 2.75) is 20.0 Å². The molecule has 1 heterocycles. The highest BCUT2D eigenvalue weighted by atomic mass is 19.1. The number of halogens is 1. The second kappa shape index (κ2) is 7.01. The summed E-state index contributed by atoms with van der Waals surface area (Å²) in [4.78, 5) is 6.04. The fraction of sp³-hybridized carbons (Fsp3) is 0.312. The van der Waals surface area contributed by atoms with E-state index >= 15 is 0 Å². The highest BCUT2D eigenvalue weighted by Gasteiger charge is 2.01. The van der Waals surface area contributed by atoms with Crippen LogP contribution < -0.4 is 5.32 Å². The van der Waals surface area contributed by atoms with Gasteiger partial charge in [0.15, 0.2) is 0 Å². The van der Waals surface area contributed by atoms with Crippen LogP contribution in [0.25, 0.3) is 0 Å². The van der Waals surface area contributed by atoms with E-state index in [0.717, 1.165) is 18.7 Å². The zero-order valence-electron chi connectivity index (χ0n) is 11.9. The van der Waals surface area contributed by atoms with Crippen LogP contribution in [0.4, 0.5) is 10.2 Å². The van der Waals surface area contributed by atoms with Gasteiger partial charge in [-0.3, -0.25) is 0 Å². The third-order valence-corrected chi connectivity index (χ3v) is 3.17. The summed E-state index contributed by atoms with van der Waals surface area (Å²) in [7, 11) is 2.10. The normalized spacial score (nSPS) is 10.8. The molecule has 0 fully saturated rings. The molecule has 0 atom stereocenters. The average Bonchev–Trinajstić information content (AvgIpc) is 2.45. The van der Waals surface area contributed by atoms with Crippen LogP contribution in [0.5, 0.6) is 0 Å². The number of hydrogen-bond donors (Lipinski definition) is 1. The molecule has 2 rings (SSSR count). The Morgan fingerprint density at radius 2 is 1.90 bits per heavy atom. The standard InChI is InChI=1S/C16H20FN3/c1-3-20(2)12-14-7-4-6-13(10-14)11-18-16-9-5-8-15(17)19-16/h4-10H,3,11-12H2,1-2H3,(H,18,19). The van der Waals surface area contributed by atoms with Gasteiger partial charge in [0.2, 0.25) is 5.95 Å². The molecule has 1 N–H and O–H groups in total. The Hall–Kier alpha value is -1.94. The third-order valence-electron chi connectivity index (χ3n) is 3.17. The van der Waals surface area contributed by atoms with Crippen molar-refractivity contribution in [2.24, 2.45) is 0 Å². The van der Waals surface area contributed by atoms with E-state index in [0.29, 0.717) is 12.4 Å². The van der Waals surface area contributed by atoms with Gasteiger partial charge < -0.3 is 10.2 Å². The molecule has 0 bridgehead atoms. The molecule has 2 aromatic rings. The van der Waals surface area contributed by atoms with E-state index in [-0.39, 0.29) is 0 Å². The second-order valence-electron chi connectivity index (χ2n) is 4.85. The zero-order valence-corrected chi connectivity index (χ0v) is 11.9. The fourth-order valence-electron chi connectivity index (χ4n) is 1.96. The molecule has 0 unspecified atom stereocenters. The Morgan fingerprint density at radius 1 is 1.15 bits per heavy atom. The van der Waals surface area contributed by atoms with Crippen LogP contribution in [0, 0.1) is 5.95 Å². The maximum absolute atomic E-state index is 13.0. The molecule has 0 saturated carbocycles. The molecule has 3 nitrogen and oxygen atoms in total. The number of pyridine rings is 1. The topological polar surface area (TPSA) is 28.2 Å². The van der Waals surface area contributed by atoms with E-state index in [4.69, 9.17) is 0 Å². The molecule has 0 aliphatic rings. The van der Waals surface area contributed by atoms with E-state index in [1.807, 2.05) is 0 Å². The van der Waals surface area contributed by atoms with Crippen molar-refractivity contribution in [2.75, 3.05) is 18.9 Å². The summed E-state index contributed by atoms with van der Waals surface area (Å²) in [6.07, 6.45) is 0. The minimum atomic E-state index is -0.465. The maximum atomic E-state index is 13.0. The lowest BCUT2D eigenvalue weighted by molar-refractivity contribution is 0.345. The lowest BCUT2D eigenvalue weighted by atomic mass is 10.1. The largest absolute Gasteiger partial charge is 0.366 e. The third kappa shape index (κ3) is 4.31. The van der Waals surface area contributed by atoms with Gasteiger partial charge >= 0.3 is 0 Å². The Kier molecular flexibility index (Phi) is 5.07. The summed E-state index contributed by atoms with van der Waals surface area (Å²) < 4.78 is 13.0. The van der Waals surface area contributed by atoms with E-state index < -0.39 is 5.95 Å². The highest BCUT2D eigenvalue weighted by molar-refractivity contribution is 5.35. The van der Waals surface area contributed by atoms with Crippen LogP contribution >= 0.6 is 0 Å². The van der Waals surface area contributed by atoms with Gasteiger partial charge in [0, 0.05) is 13.1 Å². The molecule has 20 heavy (non-hydrogen) atoms. The van der Waals surface area contributed by atoms with Crippen molar-refractivity contribution >= 4 is 5.82 Å². The van der Waals surface area contributed by atoms with Crippen molar-refractivity contribution in [3.8, 4) is 0 Å². The molecule has 0 aliphatic heterocycles. The average molecular weight is 273 g/mol. The van der Waals surface area contributed by atoms with Gasteiger partial charge in [0.05, 0.1) is 0 Å². The monoisotopic (exact) mass is 273 g/mol. The quantitative estimate of drug-likeness (QED) is 0.819. The molecule has 0 spiro atoms. The molecule has 0 aliphatic carbocycles. The first-order chi connectivity index (χ1) is 9.67. The minimum Gasteiger partial charge on any atom is -0.366 e. The summed E-state index contributed by atoms with van der Waals surface area (Å²) in [6.45, 7) is 4.74. The SMILES string of the molecule is CCN(C)Cc1cccc(CNc2cccc(F)n2)c1. The van der Waals surface area contributed by atoms with Gasteiger partial charge in [-0.1, -0.05) is 37.3 Å².